The van der Waals surface area contributed by atoms with Crippen molar-refractivity contribution >= 4 is 23.8 Å². The number of aromatic nitrogens is 1. The van der Waals surface area contributed by atoms with Gasteiger partial charge in [-0.1, -0.05) is 81.5 Å². The Labute approximate surface area is 261 Å². The van der Waals surface area contributed by atoms with Crippen LogP contribution < -0.4 is 5.32 Å². The van der Waals surface area contributed by atoms with Crippen LogP contribution in [0.2, 0.25) is 0 Å². The van der Waals surface area contributed by atoms with Crippen molar-refractivity contribution in [2.75, 3.05) is 13.2 Å². The average molecular weight is 609 g/mol. The molecule has 1 aromatic heterocycles. The maximum Gasteiger partial charge on any atom is 0.340 e. The summed E-state index contributed by atoms with van der Waals surface area (Å²) in [5.74, 6) is -2.95. The van der Waals surface area contributed by atoms with Crippen molar-refractivity contribution in [2.24, 2.45) is 5.41 Å². The van der Waals surface area contributed by atoms with Gasteiger partial charge in [0.05, 0.1) is 12.0 Å². The topological polar surface area (TPSA) is 132 Å². The Balaban J connectivity index is 2.43. The van der Waals surface area contributed by atoms with E-state index >= 15 is 0 Å². The fourth-order valence-electron chi connectivity index (χ4n) is 3.76. The summed E-state index contributed by atoms with van der Waals surface area (Å²) >= 11 is 0. The number of carbonyl (C=O) groups excluding carboxylic acids is 3. The molecule has 2 N–H and O–H groups in total. The number of unbranched alkanes of at least 4 members (excludes halogenated alkanes) is 1. The molecule has 0 saturated heterocycles. The van der Waals surface area contributed by atoms with Crippen molar-refractivity contribution in [2.45, 2.75) is 84.7 Å². The third-order valence-electron chi connectivity index (χ3n) is 6.22. The number of hydrogen-bond donors (Lipinski definition) is 2. The maximum absolute atomic E-state index is 12.9. The lowest BCUT2D eigenvalue weighted by Crippen LogP contribution is -2.49. The summed E-state index contributed by atoms with van der Waals surface area (Å²) in [6.45, 7) is 5.08. The maximum atomic E-state index is 12.9. The average Bonchev–Trinajstić information content (AvgIpc) is 3.00. The molecule has 0 spiro atoms. The first-order chi connectivity index (χ1) is 21.2. The third-order valence-corrected chi connectivity index (χ3v) is 6.22. The summed E-state index contributed by atoms with van der Waals surface area (Å²) in [7, 11) is 0. The van der Waals surface area contributed by atoms with E-state index in [2.05, 4.69) is 71.9 Å². The second-order valence-corrected chi connectivity index (χ2v) is 10.7. The number of amides is 1. The van der Waals surface area contributed by atoms with Gasteiger partial charge in [0.25, 0.3) is 5.91 Å². The molecule has 1 aromatic rings. The van der Waals surface area contributed by atoms with E-state index in [1.165, 1.54) is 18.5 Å². The van der Waals surface area contributed by atoms with E-state index in [1.54, 1.807) is 19.9 Å². The molecule has 0 unspecified atom stereocenters. The molecule has 1 heterocycles. The Bertz CT molecular complexity index is 1150. The first kappa shape index (κ1) is 37.8. The van der Waals surface area contributed by atoms with Crippen LogP contribution in [-0.2, 0) is 23.9 Å². The van der Waals surface area contributed by atoms with Crippen LogP contribution >= 0.6 is 0 Å². The molecule has 0 saturated carbocycles. The molecule has 44 heavy (non-hydrogen) atoms. The zero-order chi connectivity index (χ0) is 32.5. The molecule has 9 heteroatoms. The molecular formula is C35H48N2O7. The smallest absolute Gasteiger partial charge is 0.340 e. The standard InChI is InChI=1S/C35H48N2O7/c1-4-5-6-7-8-9-10-11-12-13-14-15-16-17-18-19-20-23-31(40)43-28-35(2,3)32(33(41)37-26-24-30(38)39)44-34(42)29-22-21-25-36-27-29/h5-6,8-9,11-12,14-15,17-18,21-22,25,27,32H,4,7,10,13,16,19-20,23-24,26,28H2,1-3H3,(H,37,41)(H,38,39)/b6-5-,9-8-,12-11-,15-14-,18-17-/t32-/m1/s1. The minimum atomic E-state index is -1.34. The van der Waals surface area contributed by atoms with E-state index in [0.717, 1.165) is 38.5 Å². The predicted molar refractivity (Wildman–Crippen MR) is 172 cm³/mol. The van der Waals surface area contributed by atoms with Crippen LogP contribution in [0.4, 0.5) is 0 Å². The van der Waals surface area contributed by atoms with E-state index < -0.39 is 35.3 Å². The summed E-state index contributed by atoms with van der Waals surface area (Å²) in [6, 6.07) is 3.06. The number of ether oxygens (including phenoxy) is 2. The Morgan fingerprint density at radius 3 is 2.05 bits per heavy atom. The molecule has 1 atom stereocenters. The van der Waals surface area contributed by atoms with E-state index in [-0.39, 0.29) is 31.6 Å². The number of nitrogens with one attached hydrogen (secondary N) is 1. The quantitative estimate of drug-likeness (QED) is 0.0846. The van der Waals surface area contributed by atoms with Crippen molar-refractivity contribution in [3.63, 3.8) is 0 Å². The fraction of sp³-hybridized carbons (Fsp3) is 0.457. The first-order valence-electron chi connectivity index (χ1n) is 15.2. The van der Waals surface area contributed by atoms with Crippen molar-refractivity contribution in [3.8, 4) is 0 Å². The Hall–Kier alpha value is -4.27. The van der Waals surface area contributed by atoms with E-state index in [0.29, 0.717) is 6.42 Å². The van der Waals surface area contributed by atoms with Gasteiger partial charge in [0.15, 0.2) is 6.10 Å². The SMILES string of the molecule is CC/C=C\C/C=C\C/C=C\C/C=C\C/C=C\CCCC(=O)OCC(C)(C)[C@H](OC(=O)c1cccnc1)C(=O)NCCC(=O)O. The zero-order valence-corrected chi connectivity index (χ0v) is 26.3. The lowest BCUT2D eigenvalue weighted by molar-refractivity contribution is -0.153. The number of pyridine rings is 1. The van der Waals surface area contributed by atoms with Crippen LogP contribution in [0.1, 0.15) is 88.9 Å². The summed E-state index contributed by atoms with van der Waals surface area (Å²) in [5, 5.41) is 11.3. The predicted octanol–water partition coefficient (Wildman–Crippen LogP) is 6.69. The molecule has 1 amide bonds. The minimum absolute atomic E-state index is 0.138. The van der Waals surface area contributed by atoms with Crippen LogP contribution in [-0.4, -0.2) is 53.2 Å². The highest BCUT2D eigenvalue weighted by Crippen LogP contribution is 2.26. The molecule has 0 aliphatic rings. The monoisotopic (exact) mass is 608 g/mol. The van der Waals surface area contributed by atoms with Crippen LogP contribution in [0.25, 0.3) is 0 Å². The summed E-state index contributed by atoms with van der Waals surface area (Å²) in [5.41, 5.74) is -0.941. The van der Waals surface area contributed by atoms with E-state index in [1.807, 2.05) is 6.08 Å². The molecule has 0 aliphatic heterocycles. The number of carboxylic acids is 1. The Kier molecular flexibility index (Phi) is 19.9. The highest BCUT2D eigenvalue weighted by molar-refractivity contribution is 5.92. The number of allylic oxidation sites excluding steroid dienone is 10. The van der Waals surface area contributed by atoms with Gasteiger partial charge in [0.2, 0.25) is 0 Å². The van der Waals surface area contributed by atoms with Gasteiger partial charge in [0.1, 0.15) is 6.61 Å². The number of rotatable bonds is 22. The van der Waals surface area contributed by atoms with Gasteiger partial charge in [-0.05, 0) is 57.1 Å². The Morgan fingerprint density at radius 1 is 0.909 bits per heavy atom. The number of carbonyl (C=O) groups is 4. The normalized spacial score (nSPS) is 12.9. The van der Waals surface area contributed by atoms with Crippen LogP contribution in [0.15, 0.2) is 85.3 Å². The summed E-state index contributed by atoms with van der Waals surface area (Å²) < 4.78 is 10.9. The number of nitrogens with zero attached hydrogens (tertiary/aromatic N) is 1. The Morgan fingerprint density at radius 2 is 1.50 bits per heavy atom. The molecule has 0 aromatic carbocycles. The molecule has 240 valence electrons. The van der Waals surface area contributed by atoms with Crippen LogP contribution in [0.3, 0.4) is 0 Å². The molecule has 0 radical (unpaired) electrons. The van der Waals surface area contributed by atoms with Crippen molar-refractivity contribution in [1.82, 2.24) is 10.3 Å². The largest absolute Gasteiger partial charge is 0.481 e. The molecule has 0 fully saturated rings. The highest BCUT2D eigenvalue weighted by atomic mass is 16.6. The minimum Gasteiger partial charge on any atom is -0.481 e. The second kappa shape index (κ2) is 23.2. The van der Waals surface area contributed by atoms with Gasteiger partial charge in [-0.2, -0.15) is 0 Å². The number of aliphatic carboxylic acids is 1. The van der Waals surface area contributed by atoms with Gasteiger partial charge < -0.3 is 19.9 Å². The zero-order valence-electron chi connectivity index (χ0n) is 26.3. The number of hydrogen-bond acceptors (Lipinski definition) is 7. The highest BCUT2D eigenvalue weighted by Gasteiger charge is 2.40. The number of carboxylic acid groups (broad SMARTS) is 1. The van der Waals surface area contributed by atoms with Crippen LogP contribution in [0.5, 0.6) is 0 Å². The molecule has 1 rings (SSSR count). The first-order valence-corrected chi connectivity index (χ1v) is 15.2. The van der Waals surface area contributed by atoms with Crippen LogP contribution in [0, 0.1) is 5.41 Å². The molecular weight excluding hydrogens is 560 g/mol. The van der Waals surface area contributed by atoms with E-state index in [4.69, 9.17) is 14.6 Å². The van der Waals surface area contributed by atoms with Crippen molar-refractivity contribution < 1.29 is 33.8 Å². The second-order valence-electron chi connectivity index (χ2n) is 10.7. The fourth-order valence-corrected chi connectivity index (χ4v) is 3.76. The summed E-state index contributed by atoms with van der Waals surface area (Å²) in [6.07, 6.45) is 28.8. The van der Waals surface area contributed by atoms with Crippen molar-refractivity contribution in [1.29, 1.82) is 0 Å². The number of esters is 2. The van der Waals surface area contributed by atoms with Gasteiger partial charge in [-0.25, -0.2) is 4.79 Å². The van der Waals surface area contributed by atoms with Gasteiger partial charge in [-0.3, -0.25) is 19.4 Å². The molecule has 0 bridgehead atoms. The van der Waals surface area contributed by atoms with Gasteiger partial charge in [0, 0.05) is 30.8 Å². The lowest BCUT2D eigenvalue weighted by Gasteiger charge is -2.32. The molecule has 9 nitrogen and oxygen atoms in total. The third kappa shape index (κ3) is 18.3. The van der Waals surface area contributed by atoms with Gasteiger partial charge in [-0.15, -0.1) is 0 Å². The molecule has 0 aliphatic carbocycles. The van der Waals surface area contributed by atoms with Crippen molar-refractivity contribution in [3.05, 3.63) is 90.9 Å². The summed E-state index contributed by atoms with van der Waals surface area (Å²) in [4.78, 5) is 52.6. The van der Waals surface area contributed by atoms with E-state index in [9.17, 15) is 19.2 Å². The van der Waals surface area contributed by atoms with Gasteiger partial charge >= 0.3 is 17.9 Å². The lowest BCUT2D eigenvalue weighted by atomic mass is 9.86.